The first-order chi connectivity index (χ1) is 9.30. The topological polar surface area (TPSA) is 55.1 Å². The zero-order valence-electron chi connectivity index (χ0n) is 13.1. The minimum atomic E-state index is -0.103. The van der Waals surface area contributed by atoms with Crippen molar-refractivity contribution in [3.63, 3.8) is 0 Å². The molecule has 2 unspecified atom stereocenters. The molecular weight excluding hydrogens is 248 g/mol. The fraction of sp³-hybridized carbons (Fsp3) is 0.588. The van der Waals surface area contributed by atoms with E-state index < -0.39 is 0 Å². The molecule has 0 fully saturated rings. The van der Waals surface area contributed by atoms with Crippen LogP contribution in [0.25, 0.3) is 0 Å². The minimum Gasteiger partial charge on any atom is -0.356 e. The largest absolute Gasteiger partial charge is 0.356 e. The number of hydrogen-bond acceptors (Lipinski definition) is 2. The van der Waals surface area contributed by atoms with Gasteiger partial charge >= 0.3 is 0 Å². The van der Waals surface area contributed by atoms with Gasteiger partial charge in [0.25, 0.3) is 0 Å². The number of benzene rings is 1. The van der Waals surface area contributed by atoms with E-state index in [0.29, 0.717) is 18.9 Å². The molecule has 1 aromatic carbocycles. The zero-order valence-corrected chi connectivity index (χ0v) is 13.1. The van der Waals surface area contributed by atoms with Gasteiger partial charge in [0.15, 0.2) is 0 Å². The highest BCUT2D eigenvalue weighted by atomic mass is 16.1. The van der Waals surface area contributed by atoms with Crippen molar-refractivity contribution >= 4 is 5.91 Å². The molecule has 3 N–H and O–H groups in total. The van der Waals surface area contributed by atoms with Gasteiger partial charge in [-0.2, -0.15) is 0 Å². The van der Waals surface area contributed by atoms with Crippen molar-refractivity contribution in [2.75, 3.05) is 6.54 Å². The predicted molar refractivity (Wildman–Crippen MR) is 84.5 cm³/mol. The molecule has 0 heterocycles. The molecule has 0 aliphatic carbocycles. The van der Waals surface area contributed by atoms with Gasteiger partial charge in [0, 0.05) is 19.0 Å². The molecule has 1 aromatic rings. The standard InChI is InChI=1S/C17H28N2O/c1-13(14-8-6-5-7-9-14)10-11-19-16(20)12-15(18)17(2,3)4/h5-9,13,15H,10-12,18H2,1-4H3,(H,19,20). The summed E-state index contributed by atoms with van der Waals surface area (Å²) >= 11 is 0. The third-order valence-corrected chi connectivity index (χ3v) is 3.79. The molecule has 1 amide bonds. The van der Waals surface area contributed by atoms with Crippen LogP contribution in [0.4, 0.5) is 0 Å². The molecule has 0 aliphatic heterocycles. The van der Waals surface area contributed by atoms with Gasteiger partial charge in [-0.3, -0.25) is 4.79 Å². The first kappa shape index (κ1) is 16.7. The average molecular weight is 276 g/mol. The third kappa shape index (κ3) is 5.74. The Labute approximate surface area is 122 Å². The normalized spacial score (nSPS) is 14.7. The van der Waals surface area contributed by atoms with Crippen LogP contribution in [0.5, 0.6) is 0 Å². The van der Waals surface area contributed by atoms with Crippen LogP contribution in [0.15, 0.2) is 30.3 Å². The molecule has 112 valence electrons. The van der Waals surface area contributed by atoms with E-state index in [1.54, 1.807) is 0 Å². The summed E-state index contributed by atoms with van der Waals surface area (Å²) in [6.45, 7) is 9.06. The van der Waals surface area contributed by atoms with Gasteiger partial charge in [-0.1, -0.05) is 58.0 Å². The maximum atomic E-state index is 11.8. The Balaban J connectivity index is 2.29. The number of carbonyl (C=O) groups is 1. The summed E-state index contributed by atoms with van der Waals surface area (Å²) in [4.78, 5) is 11.8. The van der Waals surface area contributed by atoms with E-state index in [1.807, 2.05) is 18.2 Å². The van der Waals surface area contributed by atoms with Gasteiger partial charge in [0.1, 0.15) is 0 Å². The van der Waals surface area contributed by atoms with Crippen LogP contribution in [0.2, 0.25) is 0 Å². The molecule has 3 heteroatoms. The number of nitrogens with one attached hydrogen (secondary N) is 1. The maximum absolute atomic E-state index is 11.8. The Hall–Kier alpha value is -1.35. The van der Waals surface area contributed by atoms with Gasteiger partial charge in [-0.25, -0.2) is 0 Å². The SMILES string of the molecule is CC(CCNC(=O)CC(N)C(C)(C)C)c1ccccc1. The van der Waals surface area contributed by atoms with E-state index >= 15 is 0 Å². The number of nitrogens with two attached hydrogens (primary N) is 1. The smallest absolute Gasteiger partial charge is 0.221 e. The Morgan fingerprint density at radius 1 is 1.25 bits per heavy atom. The lowest BCUT2D eigenvalue weighted by Gasteiger charge is -2.26. The fourth-order valence-electron chi connectivity index (χ4n) is 1.95. The summed E-state index contributed by atoms with van der Waals surface area (Å²) < 4.78 is 0. The Morgan fingerprint density at radius 2 is 1.85 bits per heavy atom. The van der Waals surface area contributed by atoms with Crippen LogP contribution >= 0.6 is 0 Å². The Bertz CT molecular complexity index is 409. The molecule has 0 saturated carbocycles. The summed E-state index contributed by atoms with van der Waals surface area (Å²) in [5.74, 6) is 0.500. The highest BCUT2D eigenvalue weighted by molar-refractivity contribution is 5.76. The second-order valence-corrected chi connectivity index (χ2v) is 6.63. The summed E-state index contributed by atoms with van der Waals surface area (Å²) in [6, 6.07) is 10.3. The van der Waals surface area contributed by atoms with Crippen LogP contribution in [-0.4, -0.2) is 18.5 Å². The third-order valence-electron chi connectivity index (χ3n) is 3.79. The molecule has 1 rings (SSSR count). The van der Waals surface area contributed by atoms with Gasteiger partial charge in [0.2, 0.25) is 5.91 Å². The summed E-state index contributed by atoms with van der Waals surface area (Å²) in [7, 11) is 0. The monoisotopic (exact) mass is 276 g/mol. The molecule has 0 spiro atoms. The number of carbonyl (C=O) groups excluding carboxylic acids is 1. The van der Waals surface area contributed by atoms with Crippen LogP contribution in [0.3, 0.4) is 0 Å². The average Bonchev–Trinajstić information content (AvgIpc) is 2.38. The van der Waals surface area contributed by atoms with Crippen molar-refractivity contribution in [2.24, 2.45) is 11.1 Å². The quantitative estimate of drug-likeness (QED) is 0.839. The second-order valence-electron chi connectivity index (χ2n) is 6.63. The molecule has 0 bridgehead atoms. The minimum absolute atomic E-state index is 0.0331. The Morgan fingerprint density at radius 3 is 2.40 bits per heavy atom. The molecule has 2 atom stereocenters. The lowest BCUT2D eigenvalue weighted by molar-refractivity contribution is -0.121. The van der Waals surface area contributed by atoms with Crippen LogP contribution in [-0.2, 0) is 4.79 Å². The molecule has 3 nitrogen and oxygen atoms in total. The predicted octanol–water partition coefficient (Wildman–Crippen LogP) is 3.06. The van der Waals surface area contributed by atoms with Crippen molar-refractivity contribution in [1.29, 1.82) is 0 Å². The Kier molecular flexibility index (Phi) is 6.21. The van der Waals surface area contributed by atoms with E-state index in [0.717, 1.165) is 6.42 Å². The highest BCUT2D eigenvalue weighted by Crippen LogP contribution is 2.20. The summed E-state index contributed by atoms with van der Waals surface area (Å²) in [5, 5.41) is 2.97. The van der Waals surface area contributed by atoms with E-state index in [4.69, 9.17) is 5.73 Å². The second kappa shape index (κ2) is 7.44. The molecule has 0 aromatic heterocycles. The van der Waals surface area contributed by atoms with E-state index in [2.05, 4.69) is 45.1 Å². The lowest BCUT2D eigenvalue weighted by atomic mass is 9.85. The summed E-state index contributed by atoms with van der Waals surface area (Å²) in [5.41, 5.74) is 7.29. The van der Waals surface area contributed by atoms with Gasteiger partial charge in [-0.05, 0) is 23.3 Å². The highest BCUT2D eigenvalue weighted by Gasteiger charge is 2.22. The van der Waals surface area contributed by atoms with E-state index in [-0.39, 0.29) is 17.4 Å². The van der Waals surface area contributed by atoms with E-state index in [9.17, 15) is 4.79 Å². The van der Waals surface area contributed by atoms with Crippen molar-refractivity contribution in [3.8, 4) is 0 Å². The first-order valence-electron chi connectivity index (χ1n) is 7.38. The maximum Gasteiger partial charge on any atom is 0.221 e. The first-order valence-corrected chi connectivity index (χ1v) is 7.38. The molecule has 0 radical (unpaired) electrons. The van der Waals surface area contributed by atoms with Gasteiger partial charge < -0.3 is 11.1 Å². The van der Waals surface area contributed by atoms with E-state index in [1.165, 1.54) is 5.56 Å². The number of hydrogen-bond donors (Lipinski definition) is 2. The van der Waals surface area contributed by atoms with Crippen molar-refractivity contribution in [3.05, 3.63) is 35.9 Å². The van der Waals surface area contributed by atoms with Crippen LogP contribution in [0.1, 0.15) is 52.0 Å². The number of amides is 1. The van der Waals surface area contributed by atoms with Crippen LogP contribution in [0, 0.1) is 5.41 Å². The summed E-state index contributed by atoms with van der Waals surface area (Å²) in [6.07, 6.45) is 1.34. The van der Waals surface area contributed by atoms with Crippen molar-refractivity contribution in [1.82, 2.24) is 5.32 Å². The van der Waals surface area contributed by atoms with Gasteiger partial charge in [0.05, 0.1) is 0 Å². The van der Waals surface area contributed by atoms with Crippen molar-refractivity contribution in [2.45, 2.75) is 52.5 Å². The lowest BCUT2D eigenvalue weighted by Crippen LogP contribution is -2.40. The molecule has 0 saturated heterocycles. The fourth-order valence-corrected chi connectivity index (χ4v) is 1.95. The van der Waals surface area contributed by atoms with Crippen molar-refractivity contribution < 1.29 is 4.79 Å². The van der Waals surface area contributed by atoms with Crippen LogP contribution < -0.4 is 11.1 Å². The molecular formula is C17H28N2O. The number of rotatable bonds is 6. The zero-order chi connectivity index (χ0) is 15.2. The van der Waals surface area contributed by atoms with Gasteiger partial charge in [-0.15, -0.1) is 0 Å². The molecule has 20 heavy (non-hydrogen) atoms. The molecule has 0 aliphatic rings.